The standard InChI is InChI=1S/C21H26N4O4/c1-22(18-5-7-19(8-6-18)25(27)28)21(26)16-24-13-11-23(12-14-24)15-17-3-9-20(29-2)10-4-17/h3-10H,11-16H2,1-2H3. The van der Waals surface area contributed by atoms with Crippen molar-refractivity contribution in [3.63, 3.8) is 0 Å². The molecule has 1 amide bonds. The Balaban J connectivity index is 1.46. The van der Waals surface area contributed by atoms with E-state index >= 15 is 0 Å². The van der Waals surface area contributed by atoms with Gasteiger partial charge in [0, 0.05) is 57.6 Å². The van der Waals surface area contributed by atoms with Crippen LogP contribution in [-0.2, 0) is 11.3 Å². The molecule has 0 spiro atoms. The maximum absolute atomic E-state index is 12.6. The molecule has 0 atom stereocenters. The van der Waals surface area contributed by atoms with Gasteiger partial charge in [-0.1, -0.05) is 12.1 Å². The molecule has 1 heterocycles. The number of carbonyl (C=O) groups is 1. The van der Waals surface area contributed by atoms with Crippen LogP contribution in [0.3, 0.4) is 0 Å². The lowest BCUT2D eigenvalue weighted by atomic mass is 10.2. The molecule has 3 rings (SSSR count). The summed E-state index contributed by atoms with van der Waals surface area (Å²) in [5, 5.41) is 10.8. The minimum atomic E-state index is -0.447. The number of piperazine rings is 1. The van der Waals surface area contributed by atoms with Crippen LogP contribution in [0.1, 0.15) is 5.56 Å². The van der Waals surface area contributed by atoms with E-state index in [4.69, 9.17) is 4.74 Å². The quantitative estimate of drug-likeness (QED) is 0.526. The molecule has 0 aliphatic carbocycles. The average molecular weight is 398 g/mol. The fourth-order valence-corrected chi connectivity index (χ4v) is 3.33. The fraction of sp³-hybridized carbons (Fsp3) is 0.381. The van der Waals surface area contributed by atoms with E-state index < -0.39 is 4.92 Å². The third-order valence-electron chi connectivity index (χ3n) is 5.21. The molecule has 1 saturated heterocycles. The van der Waals surface area contributed by atoms with Gasteiger partial charge in [0.1, 0.15) is 5.75 Å². The number of carbonyl (C=O) groups excluding carboxylic acids is 1. The molecule has 1 aliphatic rings. The van der Waals surface area contributed by atoms with Crippen molar-refractivity contribution in [3.05, 3.63) is 64.2 Å². The largest absolute Gasteiger partial charge is 0.497 e. The molecule has 1 fully saturated rings. The zero-order chi connectivity index (χ0) is 20.8. The summed E-state index contributed by atoms with van der Waals surface area (Å²) in [6.45, 7) is 4.69. The van der Waals surface area contributed by atoms with Crippen molar-refractivity contribution >= 4 is 17.3 Å². The van der Waals surface area contributed by atoms with Crippen LogP contribution in [0.5, 0.6) is 5.75 Å². The van der Waals surface area contributed by atoms with Crippen molar-refractivity contribution in [2.24, 2.45) is 0 Å². The highest BCUT2D eigenvalue weighted by Gasteiger charge is 2.21. The number of rotatable bonds is 7. The first-order chi connectivity index (χ1) is 14.0. The van der Waals surface area contributed by atoms with Crippen LogP contribution >= 0.6 is 0 Å². The SMILES string of the molecule is COc1ccc(CN2CCN(CC(=O)N(C)c3ccc([N+](=O)[O-])cc3)CC2)cc1. The summed E-state index contributed by atoms with van der Waals surface area (Å²) < 4.78 is 5.19. The minimum absolute atomic E-state index is 0.0163. The van der Waals surface area contributed by atoms with E-state index in [9.17, 15) is 14.9 Å². The number of ether oxygens (including phenoxy) is 1. The second-order valence-electron chi connectivity index (χ2n) is 7.13. The number of non-ortho nitro benzene ring substituents is 1. The van der Waals surface area contributed by atoms with Gasteiger partial charge in [0.15, 0.2) is 0 Å². The highest BCUT2D eigenvalue weighted by atomic mass is 16.6. The van der Waals surface area contributed by atoms with Gasteiger partial charge in [0.2, 0.25) is 5.91 Å². The number of methoxy groups -OCH3 is 1. The molecule has 29 heavy (non-hydrogen) atoms. The van der Waals surface area contributed by atoms with E-state index in [2.05, 4.69) is 21.9 Å². The summed E-state index contributed by atoms with van der Waals surface area (Å²) in [5.41, 5.74) is 1.91. The summed E-state index contributed by atoms with van der Waals surface area (Å²) in [6.07, 6.45) is 0. The number of hydrogen-bond donors (Lipinski definition) is 0. The van der Waals surface area contributed by atoms with Gasteiger partial charge in [-0.05, 0) is 29.8 Å². The highest BCUT2D eigenvalue weighted by Crippen LogP contribution is 2.19. The lowest BCUT2D eigenvalue weighted by molar-refractivity contribution is -0.384. The molecule has 1 aliphatic heterocycles. The summed E-state index contributed by atoms with van der Waals surface area (Å²) in [5.74, 6) is 0.830. The Morgan fingerprint density at radius 1 is 1.03 bits per heavy atom. The number of likely N-dealkylation sites (N-methyl/N-ethyl adjacent to an activating group) is 1. The first-order valence-corrected chi connectivity index (χ1v) is 9.55. The van der Waals surface area contributed by atoms with E-state index in [1.807, 2.05) is 12.1 Å². The van der Waals surface area contributed by atoms with E-state index in [1.165, 1.54) is 17.7 Å². The predicted molar refractivity (Wildman–Crippen MR) is 111 cm³/mol. The van der Waals surface area contributed by atoms with Crippen LogP contribution < -0.4 is 9.64 Å². The third kappa shape index (κ3) is 5.52. The number of nitrogens with zero attached hydrogens (tertiary/aromatic N) is 4. The number of amides is 1. The molecule has 8 heteroatoms. The minimum Gasteiger partial charge on any atom is -0.497 e. The van der Waals surface area contributed by atoms with Crippen molar-refractivity contribution in [2.75, 3.05) is 51.8 Å². The zero-order valence-corrected chi connectivity index (χ0v) is 16.8. The summed E-state index contributed by atoms with van der Waals surface area (Å²) in [6, 6.07) is 14.1. The van der Waals surface area contributed by atoms with Gasteiger partial charge in [-0.15, -0.1) is 0 Å². The zero-order valence-electron chi connectivity index (χ0n) is 16.8. The van der Waals surface area contributed by atoms with Crippen LogP contribution in [0.25, 0.3) is 0 Å². The maximum atomic E-state index is 12.6. The average Bonchev–Trinajstić information content (AvgIpc) is 2.75. The van der Waals surface area contributed by atoms with Crippen LogP contribution in [-0.4, -0.2) is 67.5 Å². The molecular weight excluding hydrogens is 372 g/mol. The van der Waals surface area contributed by atoms with Crippen molar-refractivity contribution < 1.29 is 14.5 Å². The number of benzene rings is 2. The van der Waals surface area contributed by atoms with Gasteiger partial charge in [0.05, 0.1) is 18.6 Å². The van der Waals surface area contributed by atoms with E-state index in [0.29, 0.717) is 12.2 Å². The molecule has 0 saturated carbocycles. The Hall–Kier alpha value is -2.97. The van der Waals surface area contributed by atoms with Gasteiger partial charge < -0.3 is 9.64 Å². The molecular formula is C21H26N4O4. The molecule has 0 N–H and O–H groups in total. The number of hydrogen-bond acceptors (Lipinski definition) is 6. The molecule has 154 valence electrons. The molecule has 2 aromatic carbocycles. The van der Waals surface area contributed by atoms with Crippen LogP contribution in [0.4, 0.5) is 11.4 Å². The lowest BCUT2D eigenvalue weighted by Crippen LogP contribution is -2.49. The number of anilines is 1. The van der Waals surface area contributed by atoms with Gasteiger partial charge in [-0.2, -0.15) is 0 Å². The summed E-state index contributed by atoms with van der Waals surface area (Å²) >= 11 is 0. The summed E-state index contributed by atoms with van der Waals surface area (Å²) in [4.78, 5) is 29.0. The van der Waals surface area contributed by atoms with Gasteiger partial charge >= 0.3 is 0 Å². The molecule has 0 unspecified atom stereocenters. The van der Waals surface area contributed by atoms with Crippen molar-refractivity contribution in [1.29, 1.82) is 0 Å². The topological polar surface area (TPSA) is 79.2 Å². The van der Waals surface area contributed by atoms with Crippen LogP contribution in [0.2, 0.25) is 0 Å². The molecule has 0 aromatic heterocycles. The van der Waals surface area contributed by atoms with Gasteiger partial charge in [-0.25, -0.2) is 0 Å². The monoisotopic (exact) mass is 398 g/mol. The molecule has 0 radical (unpaired) electrons. The van der Waals surface area contributed by atoms with E-state index in [-0.39, 0.29) is 11.6 Å². The summed E-state index contributed by atoms with van der Waals surface area (Å²) in [7, 11) is 3.36. The number of nitro groups is 1. The molecule has 0 bridgehead atoms. The van der Waals surface area contributed by atoms with Crippen molar-refractivity contribution in [1.82, 2.24) is 9.80 Å². The maximum Gasteiger partial charge on any atom is 0.269 e. The Morgan fingerprint density at radius 3 is 2.17 bits per heavy atom. The normalized spacial score (nSPS) is 15.1. The third-order valence-corrected chi connectivity index (χ3v) is 5.21. The Morgan fingerprint density at radius 2 is 1.62 bits per heavy atom. The second-order valence-corrected chi connectivity index (χ2v) is 7.13. The van der Waals surface area contributed by atoms with E-state index in [0.717, 1.165) is 38.5 Å². The van der Waals surface area contributed by atoms with Crippen LogP contribution in [0, 0.1) is 10.1 Å². The van der Waals surface area contributed by atoms with Crippen molar-refractivity contribution in [2.45, 2.75) is 6.54 Å². The second kappa shape index (κ2) is 9.49. The predicted octanol–water partition coefficient (Wildman–Crippen LogP) is 2.38. The van der Waals surface area contributed by atoms with Crippen LogP contribution in [0.15, 0.2) is 48.5 Å². The smallest absolute Gasteiger partial charge is 0.269 e. The first kappa shape index (κ1) is 20.8. The molecule has 2 aromatic rings. The van der Waals surface area contributed by atoms with Gasteiger partial charge in [-0.3, -0.25) is 24.7 Å². The van der Waals surface area contributed by atoms with Gasteiger partial charge in [0.25, 0.3) is 5.69 Å². The first-order valence-electron chi connectivity index (χ1n) is 9.55. The Labute approximate surface area is 170 Å². The Bertz CT molecular complexity index is 831. The lowest BCUT2D eigenvalue weighted by Gasteiger charge is -2.35. The fourth-order valence-electron chi connectivity index (χ4n) is 3.33. The number of nitro benzene ring substituents is 1. The Kier molecular flexibility index (Phi) is 6.79. The van der Waals surface area contributed by atoms with Crippen molar-refractivity contribution in [3.8, 4) is 5.75 Å². The molecule has 8 nitrogen and oxygen atoms in total. The highest BCUT2D eigenvalue weighted by molar-refractivity contribution is 5.94. The van der Waals surface area contributed by atoms with E-state index in [1.54, 1.807) is 31.2 Å².